The van der Waals surface area contributed by atoms with Gasteiger partial charge >= 0.3 is 5.97 Å². The van der Waals surface area contributed by atoms with Crippen molar-refractivity contribution in [2.75, 3.05) is 13.7 Å². The maximum Gasteiger partial charge on any atom is 0.323 e. The highest BCUT2D eigenvalue weighted by molar-refractivity contribution is 9.10. The first-order valence-electron chi connectivity index (χ1n) is 8.81. The molecule has 9 heteroatoms. The number of nitrogens with zero attached hydrogens (tertiary/aromatic N) is 1. The first-order valence-corrected chi connectivity index (χ1v) is 10.4. The first kappa shape index (κ1) is 21.9. The van der Waals surface area contributed by atoms with Crippen molar-refractivity contribution in [2.24, 2.45) is 0 Å². The fourth-order valence-corrected chi connectivity index (χ4v) is 3.96. The normalized spacial score (nSPS) is 15.0. The minimum Gasteiger partial charge on any atom is -0.493 e. The molecule has 0 atom stereocenters. The van der Waals surface area contributed by atoms with E-state index >= 15 is 0 Å². The third-order valence-corrected chi connectivity index (χ3v) is 5.85. The highest BCUT2D eigenvalue weighted by Crippen LogP contribution is 2.38. The summed E-state index contributed by atoms with van der Waals surface area (Å²) < 4.78 is 11.9. The van der Waals surface area contributed by atoms with E-state index in [1.807, 2.05) is 31.2 Å². The quantitative estimate of drug-likeness (QED) is 0.571. The Balaban J connectivity index is 1.82. The molecule has 0 aliphatic carbocycles. The van der Waals surface area contributed by atoms with Gasteiger partial charge in [0.15, 0.2) is 11.5 Å². The molecule has 1 aliphatic rings. The lowest BCUT2D eigenvalue weighted by atomic mass is 10.1. The van der Waals surface area contributed by atoms with Gasteiger partial charge in [0.05, 0.1) is 12.0 Å². The van der Waals surface area contributed by atoms with Gasteiger partial charge in [-0.15, -0.1) is 0 Å². The lowest BCUT2D eigenvalue weighted by Gasteiger charge is -2.13. The second-order valence-electron chi connectivity index (χ2n) is 6.46. The molecule has 1 heterocycles. The van der Waals surface area contributed by atoms with E-state index in [4.69, 9.17) is 14.6 Å². The summed E-state index contributed by atoms with van der Waals surface area (Å²) in [4.78, 5) is 36.0. The van der Waals surface area contributed by atoms with Crippen molar-refractivity contribution in [3.05, 3.63) is 62.5 Å². The van der Waals surface area contributed by atoms with Gasteiger partial charge in [-0.1, -0.05) is 45.8 Å². The predicted octanol–water partition coefficient (Wildman–Crippen LogP) is 4.47. The number of amides is 2. The predicted molar refractivity (Wildman–Crippen MR) is 117 cm³/mol. The summed E-state index contributed by atoms with van der Waals surface area (Å²) in [5.74, 6) is -0.920. The minimum absolute atomic E-state index is 0.136. The zero-order valence-electron chi connectivity index (χ0n) is 16.2. The van der Waals surface area contributed by atoms with Crippen LogP contribution in [-0.4, -0.2) is 40.8 Å². The van der Waals surface area contributed by atoms with E-state index in [-0.39, 0.29) is 4.91 Å². The fourth-order valence-electron chi connectivity index (χ4n) is 2.69. The number of carboxylic acids is 1. The van der Waals surface area contributed by atoms with Crippen LogP contribution in [0.4, 0.5) is 4.79 Å². The van der Waals surface area contributed by atoms with E-state index in [1.54, 1.807) is 12.1 Å². The van der Waals surface area contributed by atoms with Crippen LogP contribution in [0.1, 0.15) is 16.7 Å². The van der Waals surface area contributed by atoms with Crippen molar-refractivity contribution in [1.82, 2.24) is 4.90 Å². The summed E-state index contributed by atoms with van der Waals surface area (Å²) in [6.07, 6.45) is 1.52. The third kappa shape index (κ3) is 5.03. The fraction of sp³-hybridized carbons (Fsp3) is 0.190. The molecule has 1 aliphatic heterocycles. The molecule has 7 nitrogen and oxygen atoms in total. The number of hydrogen-bond donors (Lipinski definition) is 1. The smallest absolute Gasteiger partial charge is 0.323 e. The Bertz CT molecular complexity index is 1030. The number of methoxy groups -OCH3 is 1. The Hall–Kier alpha value is -2.78. The molecule has 156 valence electrons. The van der Waals surface area contributed by atoms with Crippen molar-refractivity contribution < 1.29 is 29.0 Å². The van der Waals surface area contributed by atoms with Crippen LogP contribution in [0.5, 0.6) is 11.5 Å². The molecule has 0 bridgehead atoms. The summed E-state index contributed by atoms with van der Waals surface area (Å²) in [6, 6.07) is 11.4. The maximum atomic E-state index is 12.4. The molecule has 0 unspecified atom stereocenters. The number of carboxylic acid groups (broad SMARTS) is 1. The number of ether oxygens (including phenoxy) is 2. The molecular formula is C21H18BrNO6S. The van der Waals surface area contributed by atoms with Crippen molar-refractivity contribution in [3.63, 3.8) is 0 Å². The average Bonchev–Trinajstić information content (AvgIpc) is 2.96. The zero-order chi connectivity index (χ0) is 21.8. The summed E-state index contributed by atoms with van der Waals surface area (Å²) in [7, 11) is 1.51. The van der Waals surface area contributed by atoms with Gasteiger partial charge < -0.3 is 14.6 Å². The number of hydrogen-bond acceptors (Lipinski definition) is 6. The number of imide groups is 1. The Morgan fingerprint density at radius 2 is 1.90 bits per heavy atom. The Kier molecular flexibility index (Phi) is 6.84. The monoisotopic (exact) mass is 491 g/mol. The van der Waals surface area contributed by atoms with Crippen LogP contribution in [0.25, 0.3) is 6.08 Å². The van der Waals surface area contributed by atoms with Gasteiger partial charge in [-0.05, 0) is 48.0 Å². The molecule has 3 rings (SSSR count). The number of aryl methyl sites for hydroxylation is 1. The first-order chi connectivity index (χ1) is 14.3. The summed E-state index contributed by atoms with van der Waals surface area (Å²) in [5.41, 5.74) is 2.77. The van der Waals surface area contributed by atoms with Gasteiger partial charge in [0.25, 0.3) is 11.1 Å². The molecule has 2 aromatic carbocycles. The van der Waals surface area contributed by atoms with Crippen LogP contribution in [0, 0.1) is 6.92 Å². The van der Waals surface area contributed by atoms with Crippen molar-refractivity contribution in [3.8, 4) is 11.5 Å². The molecule has 1 saturated heterocycles. The second-order valence-corrected chi connectivity index (χ2v) is 8.31. The number of thioether (sulfide) groups is 1. The largest absolute Gasteiger partial charge is 0.493 e. The molecule has 0 radical (unpaired) electrons. The van der Waals surface area contributed by atoms with Crippen molar-refractivity contribution in [2.45, 2.75) is 13.5 Å². The molecule has 30 heavy (non-hydrogen) atoms. The molecule has 2 amide bonds. The number of carbonyl (C=O) groups excluding carboxylic acids is 2. The summed E-state index contributed by atoms with van der Waals surface area (Å²) in [5, 5.41) is 8.25. The zero-order valence-corrected chi connectivity index (χ0v) is 18.6. The van der Waals surface area contributed by atoms with Gasteiger partial charge in [-0.25, -0.2) is 0 Å². The maximum absolute atomic E-state index is 12.4. The van der Waals surface area contributed by atoms with Gasteiger partial charge in [0.1, 0.15) is 13.2 Å². The van der Waals surface area contributed by atoms with Crippen LogP contribution in [-0.2, 0) is 16.2 Å². The molecular weight excluding hydrogens is 474 g/mol. The van der Waals surface area contributed by atoms with Crippen LogP contribution < -0.4 is 9.47 Å². The second kappa shape index (κ2) is 9.36. The van der Waals surface area contributed by atoms with Crippen LogP contribution in [0.2, 0.25) is 0 Å². The lowest BCUT2D eigenvalue weighted by Crippen LogP contribution is -2.33. The van der Waals surface area contributed by atoms with Gasteiger partial charge in [0, 0.05) is 4.47 Å². The Labute approximate surface area is 185 Å². The molecule has 0 aromatic heterocycles. The molecule has 1 fully saturated rings. The highest BCUT2D eigenvalue weighted by atomic mass is 79.9. The van der Waals surface area contributed by atoms with Crippen molar-refractivity contribution >= 4 is 50.9 Å². The van der Waals surface area contributed by atoms with E-state index in [2.05, 4.69) is 15.9 Å². The number of carbonyl (C=O) groups is 3. The number of benzene rings is 2. The van der Waals surface area contributed by atoms with E-state index in [0.717, 1.165) is 11.1 Å². The molecule has 0 saturated carbocycles. The van der Waals surface area contributed by atoms with Gasteiger partial charge in [0.2, 0.25) is 0 Å². The van der Waals surface area contributed by atoms with E-state index < -0.39 is 23.7 Å². The van der Waals surface area contributed by atoms with Crippen LogP contribution in [0.15, 0.2) is 45.8 Å². The molecule has 1 N–H and O–H groups in total. The van der Waals surface area contributed by atoms with Gasteiger partial charge in [-0.3, -0.25) is 19.3 Å². The lowest BCUT2D eigenvalue weighted by molar-refractivity contribution is -0.140. The average molecular weight is 492 g/mol. The van der Waals surface area contributed by atoms with Crippen molar-refractivity contribution in [1.29, 1.82) is 0 Å². The summed E-state index contributed by atoms with van der Waals surface area (Å²) >= 11 is 4.15. The molecule has 0 spiro atoms. The van der Waals surface area contributed by atoms with Crippen LogP contribution >= 0.6 is 27.7 Å². The summed E-state index contributed by atoms with van der Waals surface area (Å²) in [6.45, 7) is 1.70. The standard InChI is InChI=1S/C21H18BrNO6S/c1-12-3-5-13(6-4-12)11-29-17-9-15(22)14(7-16(17)28-2)8-18-20(26)23(10-19(24)25)21(27)30-18/h3-9H,10-11H2,1-2H3,(H,24,25)/b18-8+. The highest BCUT2D eigenvalue weighted by Gasteiger charge is 2.36. The number of rotatable bonds is 7. The SMILES string of the molecule is COc1cc(/C=C2/SC(=O)N(CC(=O)O)C2=O)c(Br)cc1OCc1ccc(C)cc1. The minimum atomic E-state index is -1.25. The van der Waals surface area contributed by atoms with E-state index in [9.17, 15) is 14.4 Å². The Morgan fingerprint density at radius 3 is 2.53 bits per heavy atom. The topological polar surface area (TPSA) is 93.1 Å². The van der Waals surface area contributed by atoms with E-state index in [0.29, 0.717) is 44.8 Å². The third-order valence-electron chi connectivity index (χ3n) is 4.25. The van der Waals surface area contributed by atoms with Crippen LogP contribution in [0.3, 0.4) is 0 Å². The number of aliphatic carboxylic acids is 1. The Morgan fingerprint density at radius 1 is 1.20 bits per heavy atom. The molecule has 2 aromatic rings. The van der Waals surface area contributed by atoms with E-state index in [1.165, 1.54) is 13.2 Å². The van der Waals surface area contributed by atoms with Gasteiger partial charge in [-0.2, -0.15) is 0 Å². The number of halogens is 1.